The molecule has 14 heteroatoms. The molecule has 0 bridgehead atoms. The standard InChI is InChI=1S/C25H24F2N6O5S/c26-18-3-1-2-17(12-18)24-28-14-20(15-29-24)38-25(34)31-33-16-23(21-13-19(27)4-5-22(21)33)39(35,36)30-6-7-32-8-10-37-11-9-32/h1-5,12-16,30H,6-11H2,(H,31,34). The van der Waals surface area contributed by atoms with Crippen molar-refractivity contribution >= 4 is 27.0 Å². The van der Waals surface area contributed by atoms with Gasteiger partial charge in [0.05, 0.1) is 31.1 Å². The fourth-order valence-corrected chi connectivity index (χ4v) is 5.31. The number of morpholine rings is 1. The predicted molar refractivity (Wildman–Crippen MR) is 137 cm³/mol. The highest BCUT2D eigenvalue weighted by Crippen LogP contribution is 2.26. The van der Waals surface area contributed by atoms with Crippen LogP contribution in [0, 0.1) is 11.6 Å². The van der Waals surface area contributed by atoms with Gasteiger partial charge in [-0.05, 0) is 30.3 Å². The summed E-state index contributed by atoms with van der Waals surface area (Å²) in [7, 11) is -4.05. The normalized spacial score (nSPS) is 14.4. The number of carbonyl (C=O) groups is 1. The summed E-state index contributed by atoms with van der Waals surface area (Å²) in [6, 6.07) is 9.28. The SMILES string of the molecule is O=C(Nn1cc(S(=O)(=O)NCCN2CCOCC2)c2cc(F)ccc21)Oc1cnc(-c2cccc(F)c2)nc1. The number of nitrogens with one attached hydrogen (secondary N) is 2. The minimum Gasteiger partial charge on any atom is -0.406 e. The van der Waals surface area contributed by atoms with Gasteiger partial charge in [0, 0.05) is 43.3 Å². The second-order valence-electron chi connectivity index (χ2n) is 8.63. The highest BCUT2D eigenvalue weighted by molar-refractivity contribution is 7.89. The molecule has 1 fully saturated rings. The van der Waals surface area contributed by atoms with Crippen LogP contribution in [0.25, 0.3) is 22.3 Å². The van der Waals surface area contributed by atoms with E-state index in [2.05, 4.69) is 25.0 Å². The van der Waals surface area contributed by atoms with Crippen LogP contribution < -0.4 is 14.9 Å². The van der Waals surface area contributed by atoms with Crippen molar-refractivity contribution in [1.29, 1.82) is 0 Å². The number of amides is 1. The van der Waals surface area contributed by atoms with Crippen molar-refractivity contribution < 1.29 is 31.5 Å². The molecular formula is C25H24F2N6O5S. The monoisotopic (exact) mass is 558 g/mol. The van der Waals surface area contributed by atoms with Gasteiger partial charge in [-0.2, -0.15) is 0 Å². The van der Waals surface area contributed by atoms with Crippen LogP contribution in [0.15, 0.2) is 66.0 Å². The van der Waals surface area contributed by atoms with Crippen LogP contribution in [0.2, 0.25) is 0 Å². The van der Waals surface area contributed by atoms with Gasteiger partial charge in [0.15, 0.2) is 11.6 Å². The zero-order chi connectivity index (χ0) is 27.4. The first-order valence-corrected chi connectivity index (χ1v) is 13.4. The fourth-order valence-electron chi connectivity index (χ4n) is 4.09. The first kappa shape index (κ1) is 26.6. The number of sulfonamides is 1. The zero-order valence-corrected chi connectivity index (χ0v) is 21.3. The molecule has 0 spiro atoms. The van der Waals surface area contributed by atoms with Crippen molar-refractivity contribution in [2.75, 3.05) is 44.8 Å². The number of carbonyl (C=O) groups excluding carboxylic acids is 1. The van der Waals surface area contributed by atoms with Gasteiger partial charge in [0.1, 0.15) is 16.5 Å². The molecule has 5 rings (SSSR count). The van der Waals surface area contributed by atoms with E-state index < -0.39 is 27.8 Å². The number of fused-ring (bicyclic) bond motifs is 1. The van der Waals surface area contributed by atoms with E-state index in [0.717, 1.165) is 16.8 Å². The first-order chi connectivity index (χ1) is 18.8. The summed E-state index contributed by atoms with van der Waals surface area (Å²) in [4.78, 5) is 22.6. The molecule has 39 heavy (non-hydrogen) atoms. The highest BCUT2D eigenvalue weighted by atomic mass is 32.2. The van der Waals surface area contributed by atoms with E-state index in [1.54, 1.807) is 6.07 Å². The third-order valence-corrected chi connectivity index (χ3v) is 7.47. The van der Waals surface area contributed by atoms with Crippen LogP contribution >= 0.6 is 0 Å². The van der Waals surface area contributed by atoms with E-state index in [-0.39, 0.29) is 33.9 Å². The zero-order valence-electron chi connectivity index (χ0n) is 20.5. The maximum Gasteiger partial charge on any atom is 0.432 e. The topological polar surface area (TPSA) is 128 Å². The molecule has 0 unspecified atom stereocenters. The summed E-state index contributed by atoms with van der Waals surface area (Å²) in [6.07, 6.45) is 2.68. The van der Waals surface area contributed by atoms with E-state index in [4.69, 9.17) is 9.47 Å². The number of benzene rings is 2. The van der Waals surface area contributed by atoms with Gasteiger partial charge < -0.3 is 9.47 Å². The average Bonchev–Trinajstić information content (AvgIpc) is 3.27. The van der Waals surface area contributed by atoms with E-state index in [1.165, 1.54) is 42.9 Å². The third kappa shape index (κ3) is 6.37. The lowest BCUT2D eigenvalue weighted by atomic mass is 10.2. The lowest BCUT2D eigenvalue weighted by molar-refractivity contribution is 0.0390. The molecule has 4 aromatic rings. The van der Waals surface area contributed by atoms with E-state index in [1.807, 2.05) is 0 Å². The van der Waals surface area contributed by atoms with E-state index >= 15 is 0 Å². The molecule has 11 nitrogen and oxygen atoms in total. The Bertz CT molecular complexity index is 1590. The van der Waals surface area contributed by atoms with Crippen molar-refractivity contribution in [3.8, 4) is 17.1 Å². The van der Waals surface area contributed by atoms with Gasteiger partial charge in [0.2, 0.25) is 10.0 Å². The van der Waals surface area contributed by atoms with E-state index in [0.29, 0.717) is 38.4 Å². The molecule has 1 amide bonds. The number of rotatable bonds is 8. The molecule has 0 radical (unpaired) electrons. The molecular weight excluding hydrogens is 534 g/mol. The molecule has 0 aliphatic carbocycles. The van der Waals surface area contributed by atoms with Crippen LogP contribution in [0.4, 0.5) is 13.6 Å². The second kappa shape index (κ2) is 11.4. The Hall–Kier alpha value is -3.98. The Labute approximate surface area is 222 Å². The number of aromatic nitrogens is 3. The highest BCUT2D eigenvalue weighted by Gasteiger charge is 2.23. The molecule has 2 aromatic heterocycles. The number of ether oxygens (including phenoxy) is 2. The van der Waals surface area contributed by atoms with Crippen LogP contribution in [0.3, 0.4) is 0 Å². The Morgan fingerprint density at radius 1 is 1.05 bits per heavy atom. The molecule has 1 aliphatic heterocycles. The summed E-state index contributed by atoms with van der Waals surface area (Å²) >= 11 is 0. The lowest BCUT2D eigenvalue weighted by Crippen LogP contribution is -2.41. The van der Waals surface area contributed by atoms with Gasteiger partial charge in [-0.3, -0.25) is 9.58 Å². The Balaban J connectivity index is 1.29. The van der Waals surface area contributed by atoms with Crippen molar-refractivity contribution in [2.45, 2.75) is 4.90 Å². The maximum absolute atomic E-state index is 14.0. The van der Waals surface area contributed by atoms with Crippen molar-refractivity contribution in [2.24, 2.45) is 0 Å². The smallest absolute Gasteiger partial charge is 0.406 e. The largest absolute Gasteiger partial charge is 0.432 e. The van der Waals surface area contributed by atoms with Crippen molar-refractivity contribution in [1.82, 2.24) is 24.3 Å². The van der Waals surface area contributed by atoms with Gasteiger partial charge in [0.25, 0.3) is 0 Å². The van der Waals surface area contributed by atoms with Gasteiger partial charge in [-0.15, -0.1) is 0 Å². The first-order valence-electron chi connectivity index (χ1n) is 12.0. The van der Waals surface area contributed by atoms with Crippen LogP contribution in [0.1, 0.15) is 0 Å². The summed E-state index contributed by atoms with van der Waals surface area (Å²) in [5, 5.41) is 0.0805. The van der Waals surface area contributed by atoms with Gasteiger partial charge in [-0.1, -0.05) is 12.1 Å². The summed E-state index contributed by atoms with van der Waals surface area (Å²) in [5.41, 5.74) is 3.10. The third-order valence-electron chi connectivity index (χ3n) is 5.98. The second-order valence-corrected chi connectivity index (χ2v) is 10.4. The fraction of sp³-hybridized carbons (Fsp3) is 0.240. The Morgan fingerprint density at radius 2 is 1.79 bits per heavy atom. The predicted octanol–water partition coefficient (Wildman–Crippen LogP) is 2.73. The molecule has 2 aromatic carbocycles. The molecule has 1 aliphatic rings. The molecule has 204 valence electrons. The van der Waals surface area contributed by atoms with Crippen LogP contribution in [-0.4, -0.2) is 73.4 Å². The molecule has 0 saturated carbocycles. The minimum atomic E-state index is -4.05. The van der Waals surface area contributed by atoms with Crippen LogP contribution in [0.5, 0.6) is 5.75 Å². The number of hydrogen-bond donors (Lipinski definition) is 2. The number of nitrogens with zero attached hydrogens (tertiary/aromatic N) is 4. The Morgan fingerprint density at radius 3 is 2.54 bits per heavy atom. The summed E-state index contributed by atoms with van der Waals surface area (Å²) < 4.78 is 67.8. The maximum atomic E-state index is 14.0. The quantitative estimate of drug-likeness (QED) is 0.338. The number of halogens is 2. The molecule has 3 heterocycles. The van der Waals surface area contributed by atoms with Crippen LogP contribution in [-0.2, 0) is 14.8 Å². The van der Waals surface area contributed by atoms with E-state index in [9.17, 15) is 22.0 Å². The summed E-state index contributed by atoms with van der Waals surface area (Å²) in [6.45, 7) is 3.22. The van der Waals surface area contributed by atoms with Crippen molar-refractivity contribution in [3.63, 3.8) is 0 Å². The minimum absolute atomic E-state index is 0.00668. The van der Waals surface area contributed by atoms with Gasteiger partial charge in [-0.25, -0.2) is 42.1 Å². The molecule has 1 saturated heterocycles. The van der Waals surface area contributed by atoms with Gasteiger partial charge >= 0.3 is 6.09 Å². The number of hydrogen-bond acceptors (Lipinski definition) is 8. The average molecular weight is 559 g/mol. The summed E-state index contributed by atoms with van der Waals surface area (Å²) in [5.74, 6) is -0.851. The molecule has 2 N–H and O–H groups in total. The van der Waals surface area contributed by atoms with Crippen molar-refractivity contribution in [3.05, 3.63) is 72.7 Å². The lowest BCUT2D eigenvalue weighted by Gasteiger charge is -2.26. The Kier molecular flexibility index (Phi) is 7.79. The molecule has 0 atom stereocenters.